The maximum absolute atomic E-state index is 12.4. The Morgan fingerprint density at radius 1 is 1.38 bits per heavy atom. The van der Waals surface area contributed by atoms with Crippen molar-refractivity contribution in [2.45, 2.75) is 52.1 Å². The van der Waals surface area contributed by atoms with Gasteiger partial charge in [0.2, 0.25) is 0 Å². The highest BCUT2D eigenvalue weighted by Crippen LogP contribution is 2.29. The number of nitrogens with one attached hydrogen (secondary N) is 1. The lowest BCUT2D eigenvalue weighted by Gasteiger charge is -2.25. The molecule has 1 fully saturated rings. The summed E-state index contributed by atoms with van der Waals surface area (Å²) in [4.78, 5) is 12.4. The van der Waals surface area contributed by atoms with Gasteiger partial charge < -0.3 is 4.57 Å². The lowest BCUT2D eigenvalue weighted by atomic mass is 9.83. The molecule has 0 saturated heterocycles. The van der Waals surface area contributed by atoms with Crippen LogP contribution in [0.4, 0.5) is 0 Å². The highest BCUT2D eigenvalue weighted by Gasteiger charge is 2.19. The van der Waals surface area contributed by atoms with Crippen molar-refractivity contribution in [3.05, 3.63) is 35.7 Å². The fraction of sp³-hybridized carbons (Fsp3) is 0.650. The van der Waals surface area contributed by atoms with Crippen molar-refractivity contribution in [1.82, 2.24) is 13.6 Å². The largest absolute Gasteiger partial charge is 0.348 e. The van der Waals surface area contributed by atoms with Crippen molar-refractivity contribution in [2.24, 2.45) is 11.8 Å². The Balaban J connectivity index is 1.35. The fourth-order valence-corrected chi connectivity index (χ4v) is 4.65. The van der Waals surface area contributed by atoms with E-state index in [2.05, 4.69) is 38.9 Å². The van der Waals surface area contributed by atoms with Crippen LogP contribution in [0, 0.1) is 11.8 Å². The molecule has 4 nitrogen and oxygen atoms in total. The van der Waals surface area contributed by atoms with E-state index in [9.17, 15) is 4.79 Å². The zero-order valence-electron chi connectivity index (χ0n) is 15.9. The van der Waals surface area contributed by atoms with E-state index in [4.69, 9.17) is 0 Å². The monoisotopic (exact) mass is 393 g/mol. The summed E-state index contributed by atoms with van der Waals surface area (Å²) in [7, 11) is 0. The van der Waals surface area contributed by atoms with Crippen LogP contribution in [0.5, 0.6) is 0 Å². The summed E-state index contributed by atoms with van der Waals surface area (Å²) in [6.07, 6.45) is 15.4. The Hall–Kier alpha value is -0.850. The van der Waals surface area contributed by atoms with Crippen molar-refractivity contribution in [2.75, 3.05) is 18.6 Å². The first kappa shape index (κ1) is 19.9. The van der Waals surface area contributed by atoms with Gasteiger partial charge in [-0.05, 0) is 48.9 Å². The zero-order valence-corrected chi connectivity index (χ0v) is 17.6. The van der Waals surface area contributed by atoms with E-state index in [1.165, 1.54) is 43.3 Å². The third kappa shape index (κ3) is 5.57. The zero-order chi connectivity index (χ0) is 18.4. The molecule has 1 N–H and O–H groups in total. The molecule has 0 bridgehead atoms. The third-order valence-corrected chi connectivity index (χ3v) is 7.26. The minimum atomic E-state index is 0.0281. The van der Waals surface area contributed by atoms with E-state index in [0.717, 1.165) is 43.3 Å². The average Bonchev–Trinajstić information content (AvgIpc) is 3.03. The molecule has 1 aromatic rings. The number of carbonyl (C=O) groups excluding carboxylic acids is 1. The summed E-state index contributed by atoms with van der Waals surface area (Å²) >= 11 is 3.31. The Bertz CT molecular complexity index is 625. The second kappa shape index (κ2) is 9.90. The predicted molar refractivity (Wildman–Crippen MR) is 113 cm³/mol. The van der Waals surface area contributed by atoms with E-state index in [-0.39, 0.29) is 5.91 Å². The summed E-state index contributed by atoms with van der Waals surface area (Å²) in [5, 5.41) is 0. The molecule has 26 heavy (non-hydrogen) atoms. The van der Waals surface area contributed by atoms with E-state index in [1.54, 1.807) is 11.9 Å². The van der Waals surface area contributed by atoms with Crippen molar-refractivity contribution >= 4 is 29.8 Å². The van der Waals surface area contributed by atoms with Crippen LogP contribution in [0.1, 0.15) is 55.1 Å². The minimum absolute atomic E-state index is 0.0281. The highest BCUT2D eigenvalue weighted by atomic mass is 32.2. The summed E-state index contributed by atoms with van der Waals surface area (Å²) in [5.41, 5.74) is 2.01. The van der Waals surface area contributed by atoms with Gasteiger partial charge in [0, 0.05) is 37.3 Å². The Morgan fingerprint density at radius 2 is 2.23 bits per heavy atom. The maximum atomic E-state index is 12.4. The molecule has 3 rings (SSSR count). The van der Waals surface area contributed by atoms with Gasteiger partial charge >= 0.3 is 0 Å². The minimum Gasteiger partial charge on any atom is -0.348 e. The van der Waals surface area contributed by atoms with Gasteiger partial charge in [-0.25, -0.2) is 4.31 Å². The SMILES string of the molecule is CSN1CCn2cc(C(=O)NSC[C@@H](C)C/C=C/CC3CCC3)cc2C1. The maximum Gasteiger partial charge on any atom is 0.262 e. The predicted octanol–water partition coefficient (Wildman–Crippen LogP) is 4.73. The van der Waals surface area contributed by atoms with Crippen LogP contribution < -0.4 is 4.72 Å². The molecule has 1 amide bonds. The first-order valence-corrected chi connectivity index (χ1v) is 11.9. The standard InChI is InChI=1S/C20H31N3OS2/c1-16(6-3-4-7-17-8-5-9-17)15-26-21-20(24)18-12-19-14-23(25-2)11-10-22(19)13-18/h3-4,12-13,16-17H,5-11,14-15H2,1-2H3,(H,21,24)/b4-3+/t16-/m0/s1. The van der Waals surface area contributed by atoms with E-state index in [1.807, 2.05) is 12.3 Å². The first-order valence-electron chi connectivity index (χ1n) is 9.71. The van der Waals surface area contributed by atoms with E-state index >= 15 is 0 Å². The molecule has 0 radical (unpaired) electrons. The lowest BCUT2D eigenvalue weighted by Crippen LogP contribution is -2.27. The van der Waals surface area contributed by atoms with Gasteiger partial charge in [0.25, 0.3) is 5.91 Å². The van der Waals surface area contributed by atoms with Crippen molar-refractivity contribution < 1.29 is 4.79 Å². The van der Waals surface area contributed by atoms with Gasteiger partial charge in [0.15, 0.2) is 0 Å². The molecule has 144 valence electrons. The molecule has 1 saturated carbocycles. The summed E-state index contributed by atoms with van der Waals surface area (Å²) in [6.45, 7) is 5.15. The fourth-order valence-electron chi connectivity index (χ4n) is 3.38. The van der Waals surface area contributed by atoms with Crippen molar-refractivity contribution in [3.8, 4) is 0 Å². The van der Waals surface area contributed by atoms with Gasteiger partial charge in [-0.2, -0.15) is 0 Å². The van der Waals surface area contributed by atoms with Crippen LogP contribution in [0.3, 0.4) is 0 Å². The van der Waals surface area contributed by atoms with Gasteiger partial charge in [-0.3, -0.25) is 9.52 Å². The number of rotatable bonds is 9. The number of aromatic nitrogens is 1. The van der Waals surface area contributed by atoms with E-state index < -0.39 is 0 Å². The quantitative estimate of drug-likeness (QED) is 0.486. The number of fused-ring (bicyclic) bond motifs is 1. The van der Waals surface area contributed by atoms with Crippen LogP contribution in [0.2, 0.25) is 0 Å². The van der Waals surface area contributed by atoms with Crippen LogP contribution >= 0.6 is 23.9 Å². The summed E-state index contributed by atoms with van der Waals surface area (Å²) in [5.74, 6) is 2.51. The molecule has 6 heteroatoms. The lowest BCUT2D eigenvalue weighted by molar-refractivity contribution is 0.0984. The van der Waals surface area contributed by atoms with Crippen LogP contribution in [-0.4, -0.2) is 33.3 Å². The van der Waals surface area contributed by atoms with Crippen LogP contribution in [0.25, 0.3) is 0 Å². The Labute approximate surface area is 166 Å². The molecule has 0 spiro atoms. The summed E-state index contributed by atoms with van der Waals surface area (Å²) in [6, 6.07) is 2.03. The second-order valence-electron chi connectivity index (χ2n) is 7.55. The van der Waals surface area contributed by atoms with Gasteiger partial charge in [0.1, 0.15) is 0 Å². The van der Waals surface area contributed by atoms with Crippen molar-refractivity contribution in [1.29, 1.82) is 0 Å². The number of hydrogen-bond donors (Lipinski definition) is 1. The van der Waals surface area contributed by atoms with Crippen LogP contribution in [0.15, 0.2) is 24.4 Å². The Morgan fingerprint density at radius 3 is 2.96 bits per heavy atom. The number of allylic oxidation sites excluding steroid dienone is 2. The molecule has 0 aromatic carbocycles. The molecule has 2 aliphatic rings. The number of carbonyl (C=O) groups is 1. The molecular weight excluding hydrogens is 362 g/mol. The number of nitrogens with zero attached hydrogens (tertiary/aromatic N) is 2. The molecular formula is C20H31N3OS2. The first-order chi connectivity index (χ1) is 12.7. The van der Waals surface area contributed by atoms with Gasteiger partial charge in [0.05, 0.1) is 5.56 Å². The number of hydrogen-bond acceptors (Lipinski definition) is 4. The normalized spacial score (nSPS) is 19.3. The second-order valence-corrected chi connectivity index (χ2v) is 9.25. The average molecular weight is 394 g/mol. The molecule has 2 heterocycles. The van der Waals surface area contributed by atoms with Gasteiger partial charge in [-0.15, -0.1) is 0 Å². The molecule has 1 atom stereocenters. The Kier molecular flexibility index (Phi) is 7.58. The molecule has 1 aliphatic heterocycles. The van der Waals surface area contributed by atoms with E-state index in [0.29, 0.717) is 5.92 Å². The molecule has 1 aromatic heterocycles. The smallest absolute Gasteiger partial charge is 0.262 e. The topological polar surface area (TPSA) is 37.3 Å². The molecule has 0 unspecified atom stereocenters. The molecule has 1 aliphatic carbocycles. The number of amides is 1. The van der Waals surface area contributed by atoms with Crippen molar-refractivity contribution in [3.63, 3.8) is 0 Å². The highest BCUT2D eigenvalue weighted by molar-refractivity contribution is 7.97. The van der Waals surface area contributed by atoms with Gasteiger partial charge in [-0.1, -0.05) is 50.3 Å². The van der Waals surface area contributed by atoms with Crippen LogP contribution in [-0.2, 0) is 13.1 Å². The summed E-state index contributed by atoms with van der Waals surface area (Å²) < 4.78 is 7.55. The third-order valence-electron chi connectivity index (χ3n) is 5.37.